The molecule has 0 aromatic heterocycles. The summed E-state index contributed by atoms with van der Waals surface area (Å²) in [7, 11) is 0. The summed E-state index contributed by atoms with van der Waals surface area (Å²) < 4.78 is 5.68. The minimum atomic E-state index is 0.278. The van der Waals surface area contributed by atoms with Gasteiger partial charge in [0.15, 0.2) is 0 Å². The highest BCUT2D eigenvalue weighted by Crippen LogP contribution is 2.27. The Morgan fingerprint density at radius 3 is 2.63 bits per heavy atom. The Hall–Kier alpha value is -1.64. The third-order valence-corrected chi connectivity index (χ3v) is 3.72. The molecule has 2 nitrogen and oxygen atoms in total. The van der Waals surface area contributed by atoms with Gasteiger partial charge < -0.3 is 10.1 Å². The van der Waals surface area contributed by atoms with E-state index in [-0.39, 0.29) is 6.04 Å². The predicted octanol–water partition coefficient (Wildman–Crippen LogP) is 3.61. The molecule has 0 radical (unpaired) electrons. The molecule has 0 fully saturated rings. The van der Waals surface area contributed by atoms with Gasteiger partial charge in [0.25, 0.3) is 0 Å². The minimum absolute atomic E-state index is 0.278. The van der Waals surface area contributed by atoms with Crippen LogP contribution in [-0.2, 0) is 11.3 Å². The third kappa shape index (κ3) is 2.70. The molecule has 98 valence electrons. The number of hydrogen-bond donors (Lipinski definition) is 1. The van der Waals surface area contributed by atoms with Gasteiger partial charge in [0, 0.05) is 6.04 Å². The second kappa shape index (κ2) is 5.55. The first-order valence-electron chi connectivity index (χ1n) is 6.81. The standard InChI is InChI=1S/C17H19NO/c1-13(14-7-3-2-4-8-14)18-17-12-19-11-15-9-5-6-10-16(15)17/h2-10,13,17-18H,11-12H2,1H3. The van der Waals surface area contributed by atoms with Gasteiger partial charge in [-0.2, -0.15) is 0 Å². The fourth-order valence-electron chi connectivity index (χ4n) is 2.66. The summed E-state index contributed by atoms with van der Waals surface area (Å²) in [5.74, 6) is 0. The monoisotopic (exact) mass is 253 g/mol. The summed E-state index contributed by atoms with van der Waals surface area (Å²) in [6, 6.07) is 19.7. The van der Waals surface area contributed by atoms with E-state index in [0.717, 1.165) is 13.2 Å². The molecule has 2 atom stereocenters. The van der Waals surface area contributed by atoms with Crippen molar-refractivity contribution >= 4 is 0 Å². The third-order valence-electron chi connectivity index (χ3n) is 3.72. The Morgan fingerprint density at radius 1 is 1.05 bits per heavy atom. The summed E-state index contributed by atoms with van der Waals surface area (Å²) in [5.41, 5.74) is 3.98. The molecule has 1 aliphatic heterocycles. The van der Waals surface area contributed by atoms with Gasteiger partial charge in [-0.15, -0.1) is 0 Å². The fourth-order valence-corrected chi connectivity index (χ4v) is 2.66. The Morgan fingerprint density at radius 2 is 1.79 bits per heavy atom. The molecule has 19 heavy (non-hydrogen) atoms. The van der Waals surface area contributed by atoms with Crippen molar-refractivity contribution < 1.29 is 4.74 Å². The predicted molar refractivity (Wildman–Crippen MR) is 76.8 cm³/mol. The van der Waals surface area contributed by atoms with Crippen LogP contribution in [0.5, 0.6) is 0 Å². The first-order valence-corrected chi connectivity index (χ1v) is 6.81. The topological polar surface area (TPSA) is 21.3 Å². The van der Waals surface area contributed by atoms with Crippen molar-refractivity contribution in [2.75, 3.05) is 6.61 Å². The second-order valence-corrected chi connectivity index (χ2v) is 5.07. The molecule has 0 amide bonds. The van der Waals surface area contributed by atoms with E-state index in [0.29, 0.717) is 6.04 Å². The highest BCUT2D eigenvalue weighted by atomic mass is 16.5. The van der Waals surface area contributed by atoms with E-state index < -0.39 is 0 Å². The van der Waals surface area contributed by atoms with Crippen molar-refractivity contribution in [2.24, 2.45) is 0 Å². The lowest BCUT2D eigenvalue weighted by atomic mass is 9.97. The number of rotatable bonds is 3. The molecule has 3 rings (SSSR count). The van der Waals surface area contributed by atoms with Crippen molar-refractivity contribution in [1.29, 1.82) is 0 Å². The van der Waals surface area contributed by atoms with Crippen LogP contribution in [0.3, 0.4) is 0 Å². The van der Waals surface area contributed by atoms with Crippen molar-refractivity contribution in [3.63, 3.8) is 0 Å². The van der Waals surface area contributed by atoms with Crippen LogP contribution >= 0.6 is 0 Å². The van der Waals surface area contributed by atoms with Crippen molar-refractivity contribution in [2.45, 2.75) is 25.6 Å². The smallest absolute Gasteiger partial charge is 0.0721 e. The van der Waals surface area contributed by atoms with E-state index >= 15 is 0 Å². The summed E-state index contributed by atoms with van der Waals surface area (Å²) in [6.07, 6.45) is 0. The van der Waals surface area contributed by atoms with Crippen LogP contribution in [0.2, 0.25) is 0 Å². The zero-order valence-corrected chi connectivity index (χ0v) is 11.2. The summed E-state index contributed by atoms with van der Waals surface area (Å²) in [4.78, 5) is 0. The molecule has 2 unspecified atom stereocenters. The van der Waals surface area contributed by atoms with Crippen LogP contribution in [0.1, 0.15) is 35.7 Å². The average Bonchev–Trinajstić information content (AvgIpc) is 2.48. The van der Waals surface area contributed by atoms with E-state index in [1.54, 1.807) is 0 Å². The minimum Gasteiger partial charge on any atom is -0.375 e. The van der Waals surface area contributed by atoms with Crippen LogP contribution in [0.4, 0.5) is 0 Å². The molecule has 0 saturated carbocycles. The fraction of sp³-hybridized carbons (Fsp3) is 0.294. The molecule has 0 saturated heterocycles. The van der Waals surface area contributed by atoms with E-state index in [1.807, 2.05) is 0 Å². The molecule has 0 bridgehead atoms. The number of benzene rings is 2. The van der Waals surface area contributed by atoms with E-state index in [4.69, 9.17) is 4.74 Å². The van der Waals surface area contributed by atoms with E-state index in [2.05, 4.69) is 66.8 Å². The van der Waals surface area contributed by atoms with Crippen LogP contribution in [0.15, 0.2) is 54.6 Å². The van der Waals surface area contributed by atoms with Crippen LogP contribution in [-0.4, -0.2) is 6.61 Å². The molecule has 2 heteroatoms. The second-order valence-electron chi connectivity index (χ2n) is 5.07. The van der Waals surface area contributed by atoms with Gasteiger partial charge in [0.05, 0.1) is 19.3 Å². The zero-order valence-electron chi connectivity index (χ0n) is 11.2. The van der Waals surface area contributed by atoms with Gasteiger partial charge in [-0.25, -0.2) is 0 Å². The quantitative estimate of drug-likeness (QED) is 0.902. The maximum atomic E-state index is 5.68. The first-order chi connectivity index (χ1) is 9.34. The Labute approximate surface area is 114 Å². The molecular formula is C17H19NO. The molecule has 2 aromatic carbocycles. The lowest BCUT2D eigenvalue weighted by Gasteiger charge is -2.29. The normalized spacial score (nSPS) is 19.7. The summed E-state index contributed by atoms with van der Waals surface area (Å²) in [6.45, 7) is 3.68. The molecule has 1 N–H and O–H groups in total. The number of nitrogens with one attached hydrogen (secondary N) is 1. The summed E-state index contributed by atoms with van der Waals surface area (Å²) >= 11 is 0. The molecule has 2 aromatic rings. The van der Waals surface area contributed by atoms with E-state index in [1.165, 1.54) is 16.7 Å². The molecular weight excluding hydrogens is 234 g/mol. The van der Waals surface area contributed by atoms with Crippen molar-refractivity contribution in [3.8, 4) is 0 Å². The molecule has 0 spiro atoms. The Kier molecular flexibility index (Phi) is 3.62. The first kappa shape index (κ1) is 12.4. The van der Waals surface area contributed by atoms with Gasteiger partial charge in [-0.3, -0.25) is 0 Å². The SMILES string of the molecule is CC(NC1COCc2ccccc21)c1ccccc1. The maximum Gasteiger partial charge on any atom is 0.0721 e. The van der Waals surface area contributed by atoms with Crippen molar-refractivity contribution in [1.82, 2.24) is 5.32 Å². The lowest BCUT2D eigenvalue weighted by molar-refractivity contribution is 0.0791. The average molecular weight is 253 g/mol. The number of fused-ring (bicyclic) bond motifs is 1. The molecule has 0 aliphatic carbocycles. The lowest BCUT2D eigenvalue weighted by Crippen LogP contribution is -2.31. The van der Waals surface area contributed by atoms with Crippen LogP contribution in [0.25, 0.3) is 0 Å². The molecule has 1 heterocycles. The Bertz CT molecular complexity index is 538. The van der Waals surface area contributed by atoms with Gasteiger partial charge in [-0.1, -0.05) is 54.6 Å². The largest absolute Gasteiger partial charge is 0.375 e. The van der Waals surface area contributed by atoms with Crippen LogP contribution < -0.4 is 5.32 Å². The number of hydrogen-bond acceptors (Lipinski definition) is 2. The van der Waals surface area contributed by atoms with Crippen LogP contribution in [0, 0.1) is 0 Å². The maximum absolute atomic E-state index is 5.68. The molecule has 1 aliphatic rings. The van der Waals surface area contributed by atoms with E-state index in [9.17, 15) is 0 Å². The number of ether oxygens (including phenoxy) is 1. The Balaban J connectivity index is 1.78. The summed E-state index contributed by atoms with van der Waals surface area (Å²) in [5, 5.41) is 3.67. The highest BCUT2D eigenvalue weighted by molar-refractivity contribution is 5.31. The van der Waals surface area contributed by atoms with Gasteiger partial charge in [0.1, 0.15) is 0 Å². The highest BCUT2D eigenvalue weighted by Gasteiger charge is 2.21. The van der Waals surface area contributed by atoms with Crippen molar-refractivity contribution in [3.05, 3.63) is 71.3 Å². The van der Waals surface area contributed by atoms with Gasteiger partial charge in [0.2, 0.25) is 0 Å². The van der Waals surface area contributed by atoms with Gasteiger partial charge in [-0.05, 0) is 23.6 Å². The zero-order chi connectivity index (χ0) is 13.1. The van der Waals surface area contributed by atoms with Gasteiger partial charge >= 0.3 is 0 Å².